The largest absolute Gasteiger partial charge is 0.480 e. The van der Waals surface area contributed by atoms with Crippen molar-refractivity contribution >= 4 is 23.7 Å². The summed E-state index contributed by atoms with van der Waals surface area (Å²) in [6.45, 7) is 4.54. The van der Waals surface area contributed by atoms with Crippen LogP contribution in [0, 0.1) is 5.92 Å². The second-order valence-corrected chi connectivity index (χ2v) is 7.67. The van der Waals surface area contributed by atoms with Gasteiger partial charge >= 0.3 is 5.97 Å². The third-order valence-corrected chi connectivity index (χ3v) is 5.19. The van der Waals surface area contributed by atoms with Gasteiger partial charge in [-0.3, -0.25) is 14.4 Å². The average molecular weight is 382 g/mol. The molecule has 2 aliphatic heterocycles. The first-order valence-electron chi connectivity index (χ1n) is 9.59. The molecule has 2 heterocycles. The van der Waals surface area contributed by atoms with Gasteiger partial charge < -0.3 is 26.0 Å². The number of likely N-dealkylation sites (tertiary alicyclic amines) is 2. The highest BCUT2D eigenvalue weighted by Gasteiger charge is 2.42. The van der Waals surface area contributed by atoms with Crippen LogP contribution in [0.4, 0.5) is 0 Å². The fourth-order valence-electron chi connectivity index (χ4n) is 3.89. The number of hydrogen-bond donors (Lipinski definition) is 3. The second-order valence-electron chi connectivity index (χ2n) is 7.67. The van der Waals surface area contributed by atoms with Gasteiger partial charge in [-0.05, 0) is 38.0 Å². The first-order valence-corrected chi connectivity index (χ1v) is 9.59. The lowest BCUT2D eigenvalue weighted by atomic mass is 10.0. The third kappa shape index (κ3) is 4.97. The fourth-order valence-corrected chi connectivity index (χ4v) is 3.89. The van der Waals surface area contributed by atoms with Crippen molar-refractivity contribution < 1.29 is 24.3 Å². The predicted octanol–water partition coefficient (Wildman–Crippen LogP) is -0.457. The van der Waals surface area contributed by atoms with Crippen LogP contribution in [0.3, 0.4) is 0 Å². The van der Waals surface area contributed by atoms with Gasteiger partial charge in [-0.2, -0.15) is 0 Å². The van der Waals surface area contributed by atoms with E-state index in [0.29, 0.717) is 38.8 Å². The molecule has 0 aliphatic carbocycles. The molecule has 9 nitrogen and oxygen atoms in total. The van der Waals surface area contributed by atoms with Crippen LogP contribution in [-0.4, -0.2) is 76.4 Å². The van der Waals surface area contributed by atoms with Crippen LogP contribution >= 0.6 is 0 Å². The van der Waals surface area contributed by atoms with E-state index in [1.807, 2.05) is 13.8 Å². The van der Waals surface area contributed by atoms with Gasteiger partial charge in [-0.25, -0.2) is 4.79 Å². The van der Waals surface area contributed by atoms with Crippen molar-refractivity contribution in [1.29, 1.82) is 0 Å². The predicted molar refractivity (Wildman–Crippen MR) is 97.5 cm³/mol. The van der Waals surface area contributed by atoms with Crippen molar-refractivity contribution in [3.05, 3.63) is 0 Å². The first-order chi connectivity index (χ1) is 12.8. The summed E-state index contributed by atoms with van der Waals surface area (Å²) in [4.78, 5) is 52.0. The van der Waals surface area contributed by atoms with Crippen molar-refractivity contribution in [3.63, 3.8) is 0 Å². The SMILES string of the molecule is CC(C)CC(NC(=O)C1CCCN1C(=O)C1CCCN1C(=O)CN)C(=O)O. The van der Waals surface area contributed by atoms with Gasteiger partial charge in [0.15, 0.2) is 0 Å². The van der Waals surface area contributed by atoms with Crippen LogP contribution < -0.4 is 11.1 Å². The Bertz CT molecular complexity index is 594. The molecule has 152 valence electrons. The summed E-state index contributed by atoms with van der Waals surface area (Å²) in [7, 11) is 0. The van der Waals surface area contributed by atoms with Gasteiger partial charge in [-0.15, -0.1) is 0 Å². The minimum absolute atomic E-state index is 0.113. The van der Waals surface area contributed by atoms with Crippen molar-refractivity contribution in [3.8, 4) is 0 Å². The number of nitrogens with two attached hydrogens (primary N) is 1. The molecule has 0 aromatic carbocycles. The molecular weight excluding hydrogens is 352 g/mol. The Morgan fingerprint density at radius 3 is 2.22 bits per heavy atom. The Morgan fingerprint density at radius 2 is 1.67 bits per heavy atom. The van der Waals surface area contributed by atoms with Gasteiger partial charge in [0.05, 0.1) is 6.54 Å². The van der Waals surface area contributed by atoms with Crippen LogP contribution in [0.5, 0.6) is 0 Å². The molecule has 3 atom stereocenters. The Kier molecular flexibility index (Phi) is 7.18. The number of carboxylic acids is 1. The lowest BCUT2D eigenvalue weighted by molar-refractivity contribution is -0.147. The zero-order valence-electron chi connectivity index (χ0n) is 16.0. The third-order valence-electron chi connectivity index (χ3n) is 5.19. The fraction of sp³-hybridized carbons (Fsp3) is 0.778. The van der Waals surface area contributed by atoms with E-state index < -0.39 is 30.0 Å². The number of nitrogens with one attached hydrogen (secondary N) is 1. The maximum absolute atomic E-state index is 13.0. The molecule has 0 radical (unpaired) electrons. The number of carbonyl (C=O) groups excluding carboxylic acids is 3. The van der Waals surface area contributed by atoms with E-state index in [1.165, 1.54) is 9.80 Å². The molecule has 3 unspecified atom stereocenters. The molecule has 27 heavy (non-hydrogen) atoms. The monoisotopic (exact) mass is 382 g/mol. The molecule has 0 spiro atoms. The summed E-state index contributed by atoms with van der Waals surface area (Å²) in [6, 6.07) is -2.25. The number of carboxylic acid groups (broad SMARTS) is 1. The Morgan fingerprint density at radius 1 is 1.07 bits per heavy atom. The zero-order valence-corrected chi connectivity index (χ0v) is 16.0. The minimum atomic E-state index is -1.08. The summed E-state index contributed by atoms with van der Waals surface area (Å²) in [5.41, 5.74) is 5.43. The Hall–Kier alpha value is -2.16. The molecular formula is C18H30N4O5. The molecule has 2 fully saturated rings. The van der Waals surface area contributed by atoms with E-state index in [0.717, 1.165) is 6.42 Å². The lowest BCUT2D eigenvalue weighted by Crippen LogP contribution is -2.55. The molecule has 0 bridgehead atoms. The van der Waals surface area contributed by atoms with E-state index in [-0.39, 0.29) is 24.3 Å². The first kappa shape index (κ1) is 21.1. The number of aliphatic carboxylic acids is 1. The highest BCUT2D eigenvalue weighted by molar-refractivity contribution is 5.94. The number of nitrogens with zero attached hydrogens (tertiary/aromatic N) is 2. The van der Waals surface area contributed by atoms with Gasteiger partial charge in [0.2, 0.25) is 17.7 Å². The number of carbonyl (C=O) groups is 4. The Labute approximate surface area is 159 Å². The molecule has 2 rings (SSSR count). The summed E-state index contributed by atoms with van der Waals surface area (Å²) in [5, 5.41) is 11.9. The highest BCUT2D eigenvalue weighted by Crippen LogP contribution is 2.25. The average Bonchev–Trinajstić information content (AvgIpc) is 3.28. The molecule has 2 aliphatic rings. The molecule has 4 N–H and O–H groups in total. The molecule has 9 heteroatoms. The minimum Gasteiger partial charge on any atom is -0.480 e. The molecule has 0 aromatic rings. The van der Waals surface area contributed by atoms with Crippen molar-refractivity contribution in [2.45, 2.75) is 64.1 Å². The quantitative estimate of drug-likeness (QED) is 0.546. The van der Waals surface area contributed by atoms with Crippen molar-refractivity contribution in [1.82, 2.24) is 15.1 Å². The summed E-state index contributed by atoms with van der Waals surface area (Å²) in [5.74, 6) is -1.93. The van der Waals surface area contributed by atoms with Crippen LogP contribution in [0.2, 0.25) is 0 Å². The van der Waals surface area contributed by atoms with Crippen LogP contribution in [0.25, 0.3) is 0 Å². The number of amides is 3. The summed E-state index contributed by atoms with van der Waals surface area (Å²) < 4.78 is 0. The Balaban J connectivity index is 2.07. The highest BCUT2D eigenvalue weighted by atomic mass is 16.4. The summed E-state index contributed by atoms with van der Waals surface area (Å²) in [6.07, 6.45) is 2.76. The number of rotatable bonds is 7. The molecule has 0 aromatic heterocycles. The number of hydrogen-bond acceptors (Lipinski definition) is 5. The van der Waals surface area contributed by atoms with Crippen LogP contribution in [0.15, 0.2) is 0 Å². The topological polar surface area (TPSA) is 133 Å². The van der Waals surface area contributed by atoms with E-state index >= 15 is 0 Å². The maximum Gasteiger partial charge on any atom is 0.326 e. The molecule has 3 amide bonds. The smallest absolute Gasteiger partial charge is 0.326 e. The molecule has 2 saturated heterocycles. The van der Waals surface area contributed by atoms with Gasteiger partial charge in [0, 0.05) is 13.1 Å². The standard InChI is InChI=1S/C18H30N4O5/c1-11(2)9-12(18(26)27)20-16(24)13-5-3-8-22(13)17(25)14-6-4-7-21(14)15(23)10-19/h11-14H,3-10,19H2,1-2H3,(H,20,24)(H,26,27). The van der Waals surface area contributed by atoms with Crippen LogP contribution in [0.1, 0.15) is 46.0 Å². The van der Waals surface area contributed by atoms with Gasteiger partial charge in [0.1, 0.15) is 18.1 Å². The van der Waals surface area contributed by atoms with E-state index in [1.54, 1.807) is 0 Å². The van der Waals surface area contributed by atoms with Gasteiger partial charge in [-0.1, -0.05) is 13.8 Å². The molecule has 0 saturated carbocycles. The lowest BCUT2D eigenvalue weighted by Gasteiger charge is -2.31. The summed E-state index contributed by atoms with van der Waals surface area (Å²) >= 11 is 0. The normalized spacial score (nSPS) is 23.6. The zero-order chi connectivity index (χ0) is 20.1. The van der Waals surface area contributed by atoms with Crippen LogP contribution in [-0.2, 0) is 19.2 Å². The van der Waals surface area contributed by atoms with Crippen molar-refractivity contribution in [2.24, 2.45) is 11.7 Å². The van der Waals surface area contributed by atoms with Gasteiger partial charge in [0.25, 0.3) is 0 Å². The van der Waals surface area contributed by atoms with E-state index in [4.69, 9.17) is 5.73 Å². The van der Waals surface area contributed by atoms with Crippen molar-refractivity contribution in [2.75, 3.05) is 19.6 Å². The van der Waals surface area contributed by atoms with E-state index in [2.05, 4.69) is 5.32 Å². The second kappa shape index (κ2) is 9.16. The van der Waals surface area contributed by atoms with E-state index in [9.17, 15) is 24.3 Å². The maximum atomic E-state index is 13.0.